The summed E-state index contributed by atoms with van der Waals surface area (Å²) in [6, 6.07) is 12.3. The number of aliphatic hydroxyl groups excluding tert-OH is 1. The molecule has 1 N–H and O–H groups in total. The number of hydrogen-bond donors (Lipinski definition) is 1. The summed E-state index contributed by atoms with van der Waals surface area (Å²) in [5.74, 6) is -2.18. The standard InChI is InChI=1S/C21H20FNO4/c1-13-12-15(8-9-16(13)22)19(24)17-18(14-6-4-3-5-7-14)23(10-11-27-2)21(26)20(17)25/h3-9,12,18,24H,10-11H2,1-2H3/b19-17-. The van der Waals surface area contributed by atoms with Crippen LogP contribution in [0.15, 0.2) is 54.1 Å². The highest BCUT2D eigenvalue weighted by Crippen LogP contribution is 2.39. The van der Waals surface area contributed by atoms with E-state index in [1.807, 2.05) is 6.07 Å². The first-order valence-electron chi connectivity index (χ1n) is 8.54. The van der Waals surface area contributed by atoms with Crippen molar-refractivity contribution >= 4 is 17.4 Å². The van der Waals surface area contributed by atoms with Gasteiger partial charge in [0.05, 0.1) is 18.2 Å². The van der Waals surface area contributed by atoms with Crippen molar-refractivity contribution in [2.24, 2.45) is 0 Å². The zero-order valence-corrected chi connectivity index (χ0v) is 15.1. The average Bonchev–Trinajstić information content (AvgIpc) is 2.93. The molecule has 27 heavy (non-hydrogen) atoms. The maximum absolute atomic E-state index is 13.6. The van der Waals surface area contributed by atoms with E-state index < -0.39 is 23.5 Å². The molecule has 0 aliphatic carbocycles. The van der Waals surface area contributed by atoms with Crippen molar-refractivity contribution in [1.29, 1.82) is 0 Å². The van der Waals surface area contributed by atoms with E-state index in [0.29, 0.717) is 16.7 Å². The SMILES string of the molecule is COCCN1C(=O)C(=O)/C(=C(\O)c2ccc(F)c(C)c2)C1c1ccccc1. The van der Waals surface area contributed by atoms with Crippen LogP contribution in [0, 0.1) is 12.7 Å². The molecule has 1 unspecified atom stereocenters. The molecule has 1 heterocycles. The lowest BCUT2D eigenvalue weighted by molar-refractivity contribution is -0.140. The second kappa shape index (κ2) is 7.72. The molecular weight excluding hydrogens is 349 g/mol. The van der Waals surface area contributed by atoms with Gasteiger partial charge in [-0.15, -0.1) is 0 Å². The van der Waals surface area contributed by atoms with Gasteiger partial charge < -0.3 is 14.7 Å². The Morgan fingerprint density at radius 3 is 2.52 bits per heavy atom. The van der Waals surface area contributed by atoms with Crippen LogP contribution < -0.4 is 0 Å². The number of methoxy groups -OCH3 is 1. The Balaban J connectivity index is 2.16. The summed E-state index contributed by atoms with van der Waals surface area (Å²) in [4.78, 5) is 26.7. The first kappa shape index (κ1) is 18.8. The second-order valence-electron chi connectivity index (χ2n) is 6.36. The maximum Gasteiger partial charge on any atom is 0.295 e. The van der Waals surface area contributed by atoms with Crippen molar-refractivity contribution in [3.63, 3.8) is 0 Å². The number of nitrogens with zero attached hydrogens (tertiary/aromatic N) is 1. The topological polar surface area (TPSA) is 66.8 Å². The van der Waals surface area contributed by atoms with Gasteiger partial charge in [-0.1, -0.05) is 30.3 Å². The quantitative estimate of drug-likeness (QED) is 0.499. The highest BCUT2D eigenvalue weighted by Gasteiger charge is 2.45. The van der Waals surface area contributed by atoms with Crippen LogP contribution in [0.4, 0.5) is 4.39 Å². The Kier molecular flexibility index (Phi) is 5.37. The van der Waals surface area contributed by atoms with Gasteiger partial charge in [-0.05, 0) is 36.2 Å². The minimum atomic E-state index is -0.764. The molecule has 0 saturated carbocycles. The van der Waals surface area contributed by atoms with E-state index in [9.17, 15) is 19.1 Å². The molecule has 2 aromatic carbocycles. The minimum Gasteiger partial charge on any atom is -0.507 e. The molecule has 0 aromatic heterocycles. The summed E-state index contributed by atoms with van der Waals surface area (Å²) in [7, 11) is 1.51. The van der Waals surface area contributed by atoms with Gasteiger partial charge in [0.1, 0.15) is 11.6 Å². The molecule has 5 nitrogen and oxygen atoms in total. The van der Waals surface area contributed by atoms with Crippen molar-refractivity contribution < 1.29 is 23.8 Å². The first-order chi connectivity index (χ1) is 13.0. The molecule has 0 bridgehead atoms. The molecule has 1 saturated heterocycles. The van der Waals surface area contributed by atoms with Crippen molar-refractivity contribution in [3.8, 4) is 0 Å². The van der Waals surface area contributed by atoms with Crippen molar-refractivity contribution in [2.45, 2.75) is 13.0 Å². The maximum atomic E-state index is 13.6. The van der Waals surface area contributed by atoms with E-state index >= 15 is 0 Å². The molecular formula is C21H20FNO4. The van der Waals surface area contributed by atoms with E-state index in [1.165, 1.54) is 30.2 Å². The normalized spacial score (nSPS) is 18.9. The van der Waals surface area contributed by atoms with Gasteiger partial charge in [-0.2, -0.15) is 0 Å². The minimum absolute atomic E-state index is 0.00619. The van der Waals surface area contributed by atoms with Crippen LogP contribution in [0.5, 0.6) is 0 Å². The molecule has 6 heteroatoms. The summed E-state index contributed by atoms with van der Waals surface area (Å²) in [6.07, 6.45) is 0. The van der Waals surface area contributed by atoms with Crippen LogP contribution in [0.3, 0.4) is 0 Å². The lowest BCUT2D eigenvalue weighted by atomic mass is 9.95. The summed E-state index contributed by atoms with van der Waals surface area (Å²) in [5, 5.41) is 10.8. The van der Waals surface area contributed by atoms with Gasteiger partial charge in [-0.25, -0.2) is 4.39 Å². The fraction of sp³-hybridized carbons (Fsp3) is 0.238. The lowest BCUT2D eigenvalue weighted by Crippen LogP contribution is -2.32. The van der Waals surface area contributed by atoms with E-state index in [0.717, 1.165) is 0 Å². The van der Waals surface area contributed by atoms with Crippen molar-refractivity contribution in [1.82, 2.24) is 4.90 Å². The van der Waals surface area contributed by atoms with Gasteiger partial charge >= 0.3 is 0 Å². The molecule has 0 radical (unpaired) electrons. The van der Waals surface area contributed by atoms with Gasteiger partial charge in [0.25, 0.3) is 11.7 Å². The number of hydrogen-bond acceptors (Lipinski definition) is 4. The zero-order chi connectivity index (χ0) is 19.6. The summed E-state index contributed by atoms with van der Waals surface area (Å²) in [5.41, 5.74) is 1.32. The Morgan fingerprint density at radius 2 is 1.89 bits per heavy atom. The van der Waals surface area contributed by atoms with Crippen LogP contribution in [-0.4, -0.2) is 42.0 Å². The van der Waals surface area contributed by atoms with E-state index in [1.54, 1.807) is 31.2 Å². The van der Waals surface area contributed by atoms with Gasteiger partial charge in [0, 0.05) is 19.2 Å². The van der Waals surface area contributed by atoms with Crippen molar-refractivity contribution in [3.05, 3.63) is 76.6 Å². The fourth-order valence-corrected chi connectivity index (χ4v) is 3.23. The van der Waals surface area contributed by atoms with E-state index in [4.69, 9.17) is 4.74 Å². The number of aryl methyl sites for hydroxylation is 1. The number of benzene rings is 2. The zero-order valence-electron chi connectivity index (χ0n) is 15.1. The highest BCUT2D eigenvalue weighted by molar-refractivity contribution is 6.46. The molecule has 1 fully saturated rings. The number of amides is 1. The number of aliphatic hydroxyl groups is 1. The molecule has 3 rings (SSSR count). The summed E-state index contributed by atoms with van der Waals surface area (Å²) < 4.78 is 18.6. The number of rotatable bonds is 5. The summed E-state index contributed by atoms with van der Waals surface area (Å²) in [6.45, 7) is 2.03. The Bertz CT molecular complexity index is 908. The fourth-order valence-electron chi connectivity index (χ4n) is 3.23. The van der Waals surface area contributed by atoms with Gasteiger partial charge in [-0.3, -0.25) is 9.59 Å². The molecule has 1 atom stereocenters. The third kappa shape index (κ3) is 3.48. The Labute approximate surface area is 156 Å². The molecule has 1 aliphatic heterocycles. The van der Waals surface area contributed by atoms with Gasteiger partial charge in [0.15, 0.2) is 0 Å². The lowest BCUT2D eigenvalue weighted by Gasteiger charge is -2.25. The van der Waals surface area contributed by atoms with Crippen LogP contribution in [-0.2, 0) is 14.3 Å². The third-order valence-corrected chi connectivity index (χ3v) is 4.62. The summed E-state index contributed by atoms with van der Waals surface area (Å²) >= 11 is 0. The molecule has 1 amide bonds. The molecule has 140 valence electrons. The average molecular weight is 369 g/mol. The number of halogens is 1. The number of carbonyl (C=O) groups is 2. The van der Waals surface area contributed by atoms with Crippen LogP contribution in [0.1, 0.15) is 22.7 Å². The van der Waals surface area contributed by atoms with E-state index in [-0.39, 0.29) is 24.5 Å². The van der Waals surface area contributed by atoms with Crippen LogP contribution in [0.2, 0.25) is 0 Å². The van der Waals surface area contributed by atoms with Crippen molar-refractivity contribution in [2.75, 3.05) is 20.3 Å². The predicted octanol–water partition coefficient (Wildman–Crippen LogP) is 3.20. The first-order valence-corrected chi connectivity index (χ1v) is 8.54. The van der Waals surface area contributed by atoms with Gasteiger partial charge in [0.2, 0.25) is 0 Å². The number of ether oxygens (including phenoxy) is 1. The smallest absolute Gasteiger partial charge is 0.295 e. The van der Waals surface area contributed by atoms with Crippen LogP contribution in [0.25, 0.3) is 5.76 Å². The molecule has 0 spiro atoms. The van der Waals surface area contributed by atoms with E-state index in [2.05, 4.69) is 0 Å². The number of Topliss-reactive ketones (excluding diaryl/α,β-unsaturated/α-hetero) is 1. The second-order valence-corrected chi connectivity index (χ2v) is 6.36. The number of ketones is 1. The molecule has 2 aromatic rings. The molecule has 1 aliphatic rings. The third-order valence-electron chi connectivity index (χ3n) is 4.62. The Morgan fingerprint density at radius 1 is 1.19 bits per heavy atom. The Hall–Kier alpha value is -2.99. The number of carbonyl (C=O) groups excluding carboxylic acids is 2. The largest absolute Gasteiger partial charge is 0.507 e. The number of likely N-dealkylation sites (tertiary alicyclic amines) is 1. The monoisotopic (exact) mass is 369 g/mol. The highest BCUT2D eigenvalue weighted by atomic mass is 19.1. The predicted molar refractivity (Wildman–Crippen MR) is 98.5 cm³/mol. The van der Waals surface area contributed by atoms with Crippen LogP contribution >= 0.6 is 0 Å².